The minimum absolute atomic E-state index is 0.335. The summed E-state index contributed by atoms with van der Waals surface area (Å²) in [5.74, 6) is 1.70. The minimum Gasteiger partial charge on any atom is -0.316 e. The number of benzene rings is 2. The van der Waals surface area contributed by atoms with E-state index in [9.17, 15) is 0 Å². The molecule has 4 heteroatoms. The molecule has 0 saturated heterocycles. The summed E-state index contributed by atoms with van der Waals surface area (Å²) in [5, 5.41) is 0. The van der Waals surface area contributed by atoms with Crippen LogP contribution < -0.4 is 9.79 Å². The molecule has 158 valence electrons. The number of rotatable bonds is 12. The molecular formula is C25H36N2OS. The molecule has 0 unspecified atom stereocenters. The fourth-order valence-electron chi connectivity index (χ4n) is 3.76. The third-order valence-electron chi connectivity index (χ3n) is 5.32. The molecule has 1 aliphatic carbocycles. The van der Waals surface area contributed by atoms with Crippen LogP contribution in [0.2, 0.25) is 0 Å². The number of nitrogens with zero attached hydrogens (tertiary/aromatic N) is 1. The maximum atomic E-state index is 6.07. The first-order valence-corrected chi connectivity index (χ1v) is 12.1. The van der Waals surface area contributed by atoms with Crippen LogP contribution in [-0.4, -0.2) is 24.4 Å². The Hall–Kier alpha value is -1.49. The molecule has 0 heterocycles. The third kappa shape index (κ3) is 8.04. The van der Waals surface area contributed by atoms with Gasteiger partial charge >= 0.3 is 0 Å². The summed E-state index contributed by atoms with van der Waals surface area (Å²) in [6.45, 7) is 5.63. The van der Waals surface area contributed by atoms with E-state index in [2.05, 4.69) is 84.3 Å². The summed E-state index contributed by atoms with van der Waals surface area (Å²) in [6, 6.07) is 21.8. The van der Waals surface area contributed by atoms with Gasteiger partial charge in [-0.2, -0.15) is 5.48 Å². The van der Waals surface area contributed by atoms with E-state index in [1.165, 1.54) is 36.9 Å². The Morgan fingerprint density at radius 1 is 1.00 bits per heavy atom. The van der Waals surface area contributed by atoms with Gasteiger partial charge in [-0.1, -0.05) is 75.2 Å². The number of anilines is 1. The molecular weight excluding hydrogens is 376 g/mol. The van der Waals surface area contributed by atoms with Crippen molar-refractivity contribution in [1.29, 1.82) is 0 Å². The molecule has 0 aromatic heterocycles. The highest BCUT2D eigenvalue weighted by Crippen LogP contribution is 2.25. The molecule has 3 rings (SSSR count). The maximum Gasteiger partial charge on any atom is 0.0790 e. The van der Waals surface area contributed by atoms with Gasteiger partial charge in [0.25, 0.3) is 0 Å². The molecule has 2 aromatic carbocycles. The topological polar surface area (TPSA) is 24.5 Å². The highest BCUT2D eigenvalue weighted by Gasteiger charge is 2.19. The van der Waals surface area contributed by atoms with Crippen molar-refractivity contribution in [3.05, 3.63) is 66.2 Å². The third-order valence-corrected chi connectivity index (χ3v) is 6.41. The van der Waals surface area contributed by atoms with Gasteiger partial charge < -0.3 is 4.31 Å². The Balaban J connectivity index is 1.55. The molecule has 0 amide bonds. The van der Waals surface area contributed by atoms with Crippen molar-refractivity contribution in [2.24, 2.45) is 5.92 Å². The summed E-state index contributed by atoms with van der Waals surface area (Å²) in [5.41, 5.74) is 6.09. The molecule has 3 nitrogen and oxygen atoms in total. The standard InChI is InChI=1S/C25H36N2OS/c1-21(2)20-27(24-13-7-4-8-14-24)29-18-17-23(19-22-11-5-3-6-12-22)26-28-25-15-9-10-16-25/h3-8,11-14,21,23,25-26H,9-10,15-20H2,1-2H3/t23-/m1/s1. The van der Waals surface area contributed by atoms with Crippen LogP contribution in [0.25, 0.3) is 0 Å². The molecule has 0 radical (unpaired) electrons. The van der Waals surface area contributed by atoms with Gasteiger partial charge in [-0.3, -0.25) is 4.84 Å². The van der Waals surface area contributed by atoms with E-state index in [4.69, 9.17) is 4.84 Å². The van der Waals surface area contributed by atoms with Crippen molar-refractivity contribution in [2.75, 3.05) is 16.6 Å². The molecule has 1 saturated carbocycles. The zero-order chi connectivity index (χ0) is 20.3. The average Bonchev–Trinajstić information content (AvgIpc) is 3.26. The first-order chi connectivity index (χ1) is 14.2. The first kappa shape index (κ1) is 22.2. The van der Waals surface area contributed by atoms with Gasteiger partial charge in [-0.05, 0) is 61.2 Å². The molecule has 1 atom stereocenters. The lowest BCUT2D eigenvalue weighted by atomic mass is 10.0. The summed E-state index contributed by atoms with van der Waals surface area (Å²) in [7, 11) is 0. The molecule has 1 fully saturated rings. The quantitative estimate of drug-likeness (QED) is 0.328. The number of nitrogens with one attached hydrogen (secondary N) is 1. The predicted molar refractivity (Wildman–Crippen MR) is 126 cm³/mol. The molecule has 2 aromatic rings. The number of hydrogen-bond acceptors (Lipinski definition) is 4. The highest BCUT2D eigenvalue weighted by molar-refractivity contribution is 8.00. The summed E-state index contributed by atoms with van der Waals surface area (Å²) in [4.78, 5) is 6.07. The Morgan fingerprint density at radius 3 is 2.31 bits per heavy atom. The van der Waals surface area contributed by atoms with E-state index in [0.29, 0.717) is 18.1 Å². The lowest BCUT2D eigenvalue weighted by molar-refractivity contribution is -0.0404. The van der Waals surface area contributed by atoms with Crippen LogP contribution in [0.3, 0.4) is 0 Å². The van der Waals surface area contributed by atoms with Gasteiger partial charge in [0.05, 0.1) is 6.10 Å². The number of para-hydroxylation sites is 1. The van der Waals surface area contributed by atoms with Gasteiger partial charge in [0.2, 0.25) is 0 Å². The van der Waals surface area contributed by atoms with E-state index < -0.39 is 0 Å². The SMILES string of the molecule is CC(C)CN(SCC[C@H](Cc1ccccc1)NOC1CCCC1)c1ccccc1. The van der Waals surface area contributed by atoms with Crippen LogP contribution >= 0.6 is 11.9 Å². The van der Waals surface area contributed by atoms with Crippen LogP contribution in [0, 0.1) is 5.92 Å². The van der Waals surface area contributed by atoms with E-state index in [1.807, 2.05) is 11.9 Å². The fraction of sp³-hybridized carbons (Fsp3) is 0.520. The lowest BCUT2D eigenvalue weighted by Gasteiger charge is -2.27. The van der Waals surface area contributed by atoms with Crippen molar-refractivity contribution in [3.8, 4) is 0 Å². The van der Waals surface area contributed by atoms with Crippen LogP contribution in [0.4, 0.5) is 5.69 Å². The Labute approximate surface area is 181 Å². The van der Waals surface area contributed by atoms with Crippen molar-refractivity contribution in [3.63, 3.8) is 0 Å². The first-order valence-electron chi connectivity index (χ1n) is 11.1. The van der Waals surface area contributed by atoms with E-state index in [-0.39, 0.29) is 0 Å². The smallest absolute Gasteiger partial charge is 0.0790 e. The van der Waals surface area contributed by atoms with Gasteiger partial charge in [0.15, 0.2) is 0 Å². The second-order valence-electron chi connectivity index (χ2n) is 8.44. The van der Waals surface area contributed by atoms with E-state index in [1.54, 1.807) is 0 Å². The van der Waals surface area contributed by atoms with Crippen molar-refractivity contribution >= 4 is 17.6 Å². The second-order valence-corrected chi connectivity index (χ2v) is 9.55. The summed E-state index contributed by atoms with van der Waals surface area (Å²) >= 11 is 1.94. The number of hydrogen-bond donors (Lipinski definition) is 1. The normalized spacial score (nSPS) is 15.7. The molecule has 29 heavy (non-hydrogen) atoms. The Bertz CT molecular complexity index is 674. The highest BCUT2D eigenvalue weighted by atomic mass is 32.2. The van der Waals surface area contributed by atoms with Crippen molar-refractivity contribution < 1.29 is 4.84 Å². The predicted octanol–water partition coefficient (Wildman–Crippen LogP) is 6.26. The van der Waals surface area contributed by atoms with Crippen LogP contribution in [0.1, 0.15) is 51.5 Å². The van der Waals surface area contributed by atoms with E-state index in [0.717, 1.165) is 25.1 Å². The summed E-state index contributed by atoms with van der Waals surface area (Å²) in [6.07, 6.45) is 7.45. The Kier molecular flexibility index (Phi) is 9.39. The second kappa shape index (κ2) is 12.3. The molecule has 0 aliphatic heterocycles. The monoisotopic (exact) mass is 412 g/mol. The van der Waals surface area contributed by atoms with Crippen LogP contribution in [0.15, 0.2) is 60.7 Å². The van der Waals surface area contributed by atoms with Gasteiger partial charge in [-0.15, -0.1) is 0 Å². The van der Waals surface area contributed by atoms with Gasteiger partial charge in [0.1, 0.15) is 0 Å². The molecule has 1 N–H and O–H groups in total. The van der Waals surface area contributed by atoms with Gasteiger partial charge in [-0.25, -0.2) is 0 Å². The largest absolute Gasteiger partial charge is 0.316 e. The van der Waals surface area contributed by atoms with E-state index >= 15 is 0 Å². The van der Waals surface area contributed by atoms with Crippen LogP contribution in [-0.2, 0) is 11.3 Å². The molecule has 0 bridgehead atoms. The zero-order valence-electron chi connectivity index (χ0n) is 17.9. The van der Waals surface area contributed by atoms with Gasteiger partial charge in [0, 0.05) is 24.0 Å². The maximum absolute atomic E-state index is 6.07. The Morgan fingerprint density at radius 2 is 1.66 bits per heavy atom. The molecule has 1 aliphatic rings. The fourth-order valence-corrected chi connectivity index (χ4v) is 5.05. The lowest BCUT2D eigenvalue weighted by Crippen LogP contribution is -2.35. The zero-order valence-corrected chi connectivity index (χ0v) is 18.7. The summed E-state index contributed by atoms with van der Waals surface area (Å²) < 4.78 is 2.45. The molecule has 0 spiro atoms. The van der Waals surface area contributed by atoms with Crippen LogP contribution in [0.5, 0.6) is 0 Å². The van der Waals surface area contributed by atoms with Crippen molar-refractivity contribution in [1.82, 2.24) is 5.48 Å². The number of hydroxylamine groups is 1. The average molecular weight is 413 g/mol. The minimum atomic E-state index is 0.335. The van der Waals surface area contributed by atoms with Crippen molar-refractivity contribution in [2.45, 2.75) is 64.5 Å².